The highest BCUT2D eigenvalue weighted by Crippen LogP contribution is 1.77. The maximum absolute atomic E-state index is 10.4. The van der Waals surface area contributed by atoms with Crippen LogP contribution in [0.1, 0.15) is 0 Å². The van der Waals surface area contributed by atoms with E-state index in [9.17, 15) is 9.32 Å². The Morgan fingerprint density at radius 3 is 2.33 bits per heavy atom. The molecule has 36 valence electrons. The van der Waals surface area contributed by atoms with Gasteiger partial charge in [-0.05, 0) is 0 Å². The molecule has 0 rings (SSSR count). The van der Waals surface area contributed by atoms with E-state index < -0.39 is 6.16 Å². The van der Waals surface area contributed by atoms with Crippen molar-refractivity contribution in [3.8, 4) is 0 Å². The monoisotopic (exact) mass is 94.0 g/mol. The van der Waals surface area contributed by atoms with Gasteiger partial charge < -0.3 is 4.74 Å². The molecule has 0 aliphatic carbocycles. The lowest BCUT2D eigenvalue weighted by atomic mass is 11.4. The number of carbonyl (C=O) groups is 1. The molecule has 0 radical (unpaired) electrons. The highest BCUT2D eigenvalue weighted by molar-refractivity contribution is 5.58. The van der Waals surface area contributed by atoms with Gasteiger partial charge in [0.15, 0.2) is 0 Å². The van der Waals surface area contributed by atoms with E-state index in [1.165, 1.54) is 0 Å². The summed E-state index contributed by atoms with van der Waals surface area (Å²) in [5.41, 5.74) is 0. The Morgan fingerprint density at radius 2 is 2.33 bits per heavy atom. The summed E-state index contributed by atoms with van der Waals surface area (Å²) < 4.78 is 14.1. The Morgan fingerprint density at radius 1 is 1.83 bits per heavy atom. The van der Waals surface area contributed by atoms with Crippen LogP contribution < -0.4 is 0 Å². The van der Waals surface area contributed by atoms with E-state index in [1.807, 2.05) is 0 Å². The SMILES string of the molecule is COC(=O)OF. The Balaban J connectivity index is 2.99. The van der Waals surface area contributed by atoms with Gasteiger partial charge in [-0.25, -0.2) is 9.74 Å². The molecule has 6 heavy (non-hydrogen) atoms. The second-order valence-corrected chi connectivity index (χ2v) is 0.531. The van der Waals surface area contributed by atoms with E-state index in [0.717, 1.165) is 7.11 Å². The van der Waals surface area contributed by atoms with Crippen LogP contribution >= 0.6 is 0 Å². The van der Waals surface area contributed by atoms with Gasteiger partial charge in [0, 0.05) is 4.53 Å². The smallest absolute Gasteiger partial charge is 0.435 e. The summed E-state index contributed by atoms with van der Waals surface area (Å²) in [6.45, 7) is 0. The normalized spacial score (nSPS) is 7.00. The molecule has 3 nitrogen and oxygen atoms in total. The minimum Gasteiger partial charge on any atom is -0.435 e. The van der Waals surface area contributed by atoms with Crippen molar-refractivity contribution in [1.29, 1.82) is 0 Å². The van der Waals surface area contributed by atoms with E-state index in [4.69, 9.17) is 0 Å². The maximum Gasteiger partial charge on any atom is 0.544 e. The number of halogens is 1. The van der Waals surface area contributed by atoms with Gasteiger partial charge in [-0.1, -0.05) is 0 Å². The Kier molecular flexibility index (Phi) is 2.11. The number of carbonyl (C=O) groups excluding carboxylic acids is 1. The molecule has 0 aromatic rings. The summed E-state index contributed by atoms with van der Waals surface area (Å²) in [7, 11) is 1.02. The van der Waals surface area contributed by atoms with Gasteiger partial charge in [0.25, 0.3) is 0 Å². The lowest BCUT2D eigenvalue weighted by Crippen LogP contribution is -1.94. The standard InChI is InChI=1S/C2H3FO3/c1-5-2(4)6-3/h1H3. The van der Waals surface area contributed by atoms with Gasteiger partial charge in [0.2, 0.25) is 0 Å². The van der Waals surface area contributed by atoms with Crippen LogP contribution in [-0.2, 0) is 9.68 Å². The maximum atomic E-state index is 10.4. The predicted molar refractivity (Wildman–Crippen MR) is 14.6 cm³/mol. The molecule has 0 saturated heterocycles. The van der Waals surface area contributed by atoms with Crippen molar-refractivity contribution in [2.24, 2.45) is 0 Å². The first-order valence-corrected chi connectivity index (χ1v) is 1.17. The molecule has 0 atom stereocenters. The predicted octanol–water partition coefficient (Wildman–Crippen LogP) is 0.654. The minimum absolute atomic E-state index is 1.02. The summed E-state index contributed by atoms with van der Waals surface area (Å²) in [4.78, 5) is 11.9. The van der Waals surface area contributed by atoms with Crippen LogP contribution in [0, 0.1) is 0 Å². The quantitative estimate of drug-likeness (QED) is 0.413. The van der Waals surface area contributed by atoms with Gasteiger partial charge in [0.1, 0.15) is 0 Å². The molecular formula is C2H3FO3. The molecular weight excluding hydrogens is 91.0 g/mol. The molecule has 0 amide bonds. The third-order valence-electron chi connectivity index (χ3n) is 0.230. The third kappa shape index (κ3) is 1.51. The molecule has 0 aliphatic heterocycles. The van der Waals surface area contributed by atoms with Gasteiger partial charge in [0.05, 0.1) is 7.11 Å². The minimum atomic E-state index is -1.32. The summed E-state index contributed by atoms with van der Waals surface area (Å²) >= 11 is 0. The zero-order valence-electron chi connectivity index (χ0n) is 3.10. The van der Waals surface area contributed by atoms with Gasteiger partial charge in [-0.15, -0.1) is 0 Å². The average molecular weight is 94.0 g/mol. The Labute approximate surface area is 33.6 Å². The fraction of sp³-hybridized carbons (Fsp3) is 0.500. The molecule has 0 aliphatic rings. The van der Waals surface area contributed by atoms with Gasteiger partial charge >= 0.3 is 6.16 Å². The second-order valence-electron chi connectivity index (χ2n) is 0.531. The van der Waals surface area contributed by atoms with Crippen molar-refractivity contribution in [3.63, 3.8) is 0 Å². The first kappa shape index (κ1) is 5.20. The van der Waals surface area contributed by atoms with Crippen molar-refractivity contribution in [2.75, 3.05) is 7.11 Å². The van der Waals surface area contributed by atoms with Crippen LogP contribution in [0.3, 0.4) is 0 Å². The number of methoxy groups -OCH3 is 1. The number of hydrogen-bond donors (Lipinski definition) is 0. The van der Waals surface area contributed by atoms with Gasteiger partial charge in [-0.2, -0.15) is 0 Å². The van der Waals surface area contributed by atoms with Crippen molar-refractivity contribution in [2.45, 2.75) is 0 Å². The molecule has 0 aromatic heterocycles. The highest BCUT2D eigenvalue weighted by atomic mass is 19.3. The van der Waals surface area contributed by atoms with Crippen LogP contribution in [0.25, 0.3) is 0 Å². The van der Waals surface area contributed by atoms with Crippen molar-refractivity contribution >= 4 is 6.16 Å². The van der Waals surface area contributed by atoms with Crippen LogP contribution in [0.5, 0.6) is 0 Å². The largest absolute Gasteiger partial charge is 0.544 e. The van der Waals surface area contributed by atoms with Crippen molar-refractivity contribution < 1.29 is 19.0 Å². The summed E-state index contributed by atoms with van der Waals surface area (Å²) in [5, 5.41) is 0. The molecule has 0 saturated carbocycles. The van der Waals surface area contributed by atoms with E-state index in [1.54, 1.807) is 0 Å². The van der Waals surface area contributed by atoms with Gasteiger partial charge in [-0.3, -0.25) is 0 Å². The van der Waals surface area contributed by atoms with Crippen LogP contribution in [0.4, 0.5) is 9.32 Å². The first-order valence-electron chi connectivity index (χ1n) is 1.17. The molecule has 0 heterocycles. The zero-order chi connectivity index (χ0) is 4.99. The van der Waals surface area contributed by atoms with E-state index in [2.05, 4.69) is 9.68 Å². The highest BCUT2D eigenvalue weighted by Gasteiger charge is 1.94. The fourth-order valence-corrected chi connectivity index (χ4v) is 0.0315. The lowest BCUT2D eigenvalue weighted by Gasteiger charge is -1.83. The number of ether oxygens (including phenoxy) is 1. The molecule has 0 unspecified atom stereocenters. The second kappa shape index (κ2) is 2.44. The summed E-state index contributed by atoms with van der Waals surface area (Å²) in [5.74, 6) is 0. The number of hydrogen-bond acceptors (Lipinski definition) is 3. The molecule has 0 N–H and O–H groups in total. The first-order chi connectivity index (χ1) is 2.81. The number of rotatable bonds is 0. The van der Waals surface area contributed by atoms with Crippen LogP contribution in [0.15, 0.2) is 0 Å². The molecule has 0 aromatic carbocycles. The summed E-state index contributed by atoms with van der Waals surface area (Å²) in [6.07, 6.45) is -1.32. The third-order valence-corrected chi connectivity index (χ3v) is 0.230. The van der Waals surface area contributed by atoms with Crippen molar-refractivity contribution in [3.05, 3.63) is 0 Å². The van der Waals surface area contributed by atoms with E-state index >= 15 is 0 Å². The van der Waals surface area contributed by atoms with Crippen molar-refractivity contribution in [1.82, 2.24) is 0 Å². The molecule has 0 bridgehead atoms. The molecule has 4 heteroatoms. The van der Waals surface area contributed by atoms with Crippen LogP contribution in [0.2, 0.25) is 0 Å². The fourth-order valence-electron chi connectivity index (χ4n) is 0.0315. The topological polar surface area (TPSA) is 35.5 Å². The van der Waals surface area contributed by atoms with Crippen LogP contribution in [-0.4, -0.2) is 13.3 Å². The Hall–Kier alpha value is -0.800. The lowest BCUT2D eigenvalue weighted by molar-refractivity contribution is -0.0947. The summed E-state index contributed by atoms with van der Waals surface area (Å²) in [6, 6.07) is 0. The average Bonchev–Trinajstić information content (AvgIpc) is 1.65. The molecule has 0 fully saturated rings. The van der Waals surface area contributed by atoms with E-state index in [-0.39, 0.29) is 0 Å². The van der Waals surface area contributed by atoms with E-state index in [0.29, 0.717) is 0 Å². The zero-order valence-corrected chi connectivity index (χ0v) is 3.10. The molecule has 0 spiro atoms. The Bertz CT molecular complexity index is 46.8.